The van der Waals surface area contributed by atoms with Crippen LogP contribution in [-0.4, -0.2) is 34.3 Å². The van der Waals surface area contributed by atoms with Crippen molar-refractivity contribution in [2.45, 2.75) is 19.4 Å². The van der Waals surface area contributed by atoms with Gasteiger partial charge in [0, 0.05) is 13.6 Å². The van der Waals surface area contributed by atoms with Gasteiger partial charge in [0.2, 0.25) is 5.95 Å². The highest BCUT2D eigenvalue weighted by Crippen LogP contribution is 2.11. The van der Waals surface area contributed by atoms with E-state index in [4.69, 9.17) is 11.6 Å². The lowest BCUT2D eigenvalue weighted by molar-refractivity contribution is 0.0883. The van der Waals surface area contributed by atoms with Crippen LogP contribution in [0, 0.1) is 0 Å². The van der Waals surface area contributed by atoms with E-state index in [0.29, 0.717) is 17.5 Å². The van der Waals surface area contributed by atoms with Gasteiger partial charge < -0.3 is 10.0 Å². The SMILES string of the molecule is CN(CC(C)(C)O)c1ncc(Cl)cn1. The summed E-state index contributed by atoms with van der Waals surface area (Å²) in [7, 11) is 1.82. The Kier molecular flexibility index (Phi) is 3.29. The summed E-state index contributed by atoms with van der Waals surface area (Å²) in [6, 6.07) is 0. The average Bonchev–Trinajstić information content (AvgIpc) is 2.02. The summed E-state index contributed by atoms with van der Waals surface area (Å²) in [4.78, 5) is 9.84. The number of likely N-dealkylation sites (N-methyl/N-ethyl adjacent to an activating group) is 1. The van der Waals surface area contributed by atoms with Crippen LogP contribution in [0.15, 0.2) is 12.4 Å². The van der Waals surface area contributed by atoms with Crippen LogP contribution in [0.5, 0.6) is 0 Å². The molecule has 1 heterocycles. The summed E-state index contributed by atoms with van der Waals surface area (Å²) in [5.74, 6) is 0.552. The Morgan fingerprint density at radius 1 is 1.43 bits per heavy atom. The van der Waals surface area contributed by atoms with Gasteiger partial charge in [0.25, 0.3) is 0 Å². The number of halogens is 1. The number of hydrogen-bond donors (Lipinski definition) is 1. The fourth-order valence-electron chi connectivity index (χ4n) is 1.15. The van der Waals surface area contributed by atoms with Crippen LogP contribution >= 0.6 is 11.6 Å². The lowest BCUT2D eigenvalue weighted by Gasteiger charge is -2.25. The molecule has 0 aliphatic rings. The van der Waals surface area contributed by atoms with Crippen molar-refractivity contribution in [1.29, 1.82) is 0 Å². The standard InChI is InChI=1S/C9H14ClN3O/c1-9(2,14)6-13(3)8-11-4-7(10)5-12-8/h4-5,14H,6H2,1-3H3. The molecule has 0 aliphatic heterocycles. The van der Waals surface area contributed by atoms with Crippen molar-refractivity contribution in [3.8, 4) is 0 Å². The normalized spacial score (nSPS) is 11.5. The summed E-state index contributed by atoms with van der Waals surface area (Å²) < 4.78 is 0. The highest BCUT2D eigenvalue weighted by Gasteiger charge is 2.17. The number of aromatic nitrogens is 2. The van der Waals surface area contributed by atoms with Gasteiger partial charge in [-0.3, -0.25) is 0 Å². The van der Waals surface area contributed by atoms with E-state index in [1.54, 1.807) is 18.7 Å². The number of rotatable bonds is 3. The minimum absolute atomic E-state index is 0.467. The molecular formula is C9H14ClN3O. The van der Waals surface area contributed by atoms with Crippen LogP contribution in [0.4, 0.5) is 5.95 Å². The third-order valence-electron chi connectivity index (χ3n) is 1.57. The molecule has 1 aromatic heterocycles. The monoisotopic (exact) mass is 215 g/mol. The third kappa shape index (κ3) is 3.47. The van der Waals surface area contributed by atoms with Gasteiger partial charge in [-0.15, -0.1) is 0 Å². The Morgan fingerprint density at radius 3 is 2.36 bits per heavy atom. The summed E-state index contributed by atoms with van der Waals surface area (Å²) in [6.45, 7) is 3.94. The predicted molar refractivity (Wildman–Crippen MR) is 56.6 cm³/mol. The minimum atomic E-state index is -0.766. The molecule has 0 saturated carbocycles. The third-order valence-corrected chi connectivity index (χ3v) is 1.77. The topological polar surface area (TPSA) is 49.2 Å². The molecule has 0 saturated heterocycles. The quantitative estimate of drug-likeness (QED) is 0.827. The molecule has 0 bridgehead atoms. The maximum Gasteiger partial charge on any atom is 0.225 e. The maximum atomic E-state index is 9.58. The van der Waals surface area contributed by atoms with Crippen LogP contribution in [0.1, 0.15) is 13.8 Å². The molecule has 0 unspecified atom stereocenters. The van der Waals surface area contributed by atoms with Crippen LogP contribution in [-0.2, 0) is 0 Å². The predicted octanol–water partition coefficient (Wildman–Crippen LogP) is 1.34. The Bertz CT molecular complexity index is 294. The molecule has 0 spiro atoms. The summed E-state index contributed by atoms with van der Waals surface area (Å²) in [5.41, 5.74) is -0.766. The summed E-state index contributed by atoms with van der Waals surface area (Å²) >= 11 is 5.66. The fourth-order valence-corrected chi connectivity index (χ4v) is 1.25. The van der Waals surface area contributed by atoms with Crippen molar-refractivity contribution < 1.29 is 5.11 Å². The van der Waals surface area contributed by atoms with E-state index in [2.05, 4.69) is 9.97 Å². The highest BCUT2D eigenvalue weighted by molar-refractivity contribution is 6.30. The van der Waals surface area contributed by atoms with Gasteiger partial charge in [-0.05, 0) is 13.8 Å². The van der Waals surface area contributed by atoms with Crippen molar-refractivity contribution >= 4 is 17.5 Å². The maximum absolute atomic E-state index is 9.58. The van der Waals surface area contributed by atoms with Gasteiger partial charge >= 0.3 is 0 Å². The first kappa shape index (κ1) is 11.2. The zero-order chi connectivity index (χ0) is 10.8. The molecule has 4 nitrogen and oxygen atoms in total. The zero-order valence-corrected chi connectivity index (χ0v) is 9.28. The second-order valence-electron chi connectivity index (χ2n) is 3.87. The van der Waals surface area contributed by atoms with Crippen molar-refractivity contribution in [2.24, 2.45) is 0 Å². The Balaban J connectivity index is 2.70. The van der Waals surface area contributed by atoms with Crippen molar-refractivity contribution in [2.75, 3.05) is 18.5 Å². The van der Waals surface area contributed by atoms with Gasteiger partial charge in [-0.2, -0.15) is 0 Å². The van der Waals surface area contributed by atoms with E-state index >= 15 is 0 Å². The molecule has 0 aliphatic carbocycles. The molecular weight excluding hydrogens is 202 g/mol. The van der Waals surface area contributed by atoms with E-state index in [1.165, 1.54) is 12.4 Å². The van der Waals surface area contributed by atoms with Gasteiger partial charge in [-0.25, -0.2) is 9.97 Å². The largest absolute Gasteiger partial charge is 0.389 e. The fraction of sp³-hybridized carbons (Fsp3) is 0.556. The summed E-state index contributed by atoms with van der Waals surface area (Å²) in [6.07, 6.45) is 3.07. The van der Waals surface area contributed by atoms with E-state index in [-0.39, 0.29) is 0 Å². The average molecular weight is 216 g/mol. The van der Waals surface area contributed by atoms with E-state index in [0.717, 1.165) is 0 Å². The highest BCUT2D eigenvalue weighted by atomic mass is 35.5. The van der Waals surface area contributed by atoms with Crippen LogP contribution < -0.4 is 4.90 Å². The molecule has 1 N–H and O–H groups in total. The van der Waals surface area contributed by atoms with E-state index < -0.39 is 5.60 Å². The Labute approximate surface area is 88.6 Å². The zero-order valence-electron chi connectivity index (χ0n) is 8.53. The lowest BCUT2D eigenvalue weighted by atomic mass is 10.1. The smallest absolute Gasteiger partial charge is 0.225 e. The second kappa shape index (κ2) is 4.11. The van der Waals surface area contributed by atoms with Crippen molar-refractivity contribution in [3.05, 3.63) is 17.4 Å². The second-order valence-corrected chi connectivity index (χ2v) is 4.31. The number of nitrogens with zero attached hydrogens (tertiary/aromatic N) is 3. The number of aliphatic hydroxyl groups is 1. The Hall–Kier alpha value is -0.870. The number of anilines is 1. The van der Waals surface area contributed by atoms with E-state index in [9.17, 15) is 5.11 Å². The number of hydrogen-bond acceptors (Lipinski definition) is 4. The molecule has 0 aromatic carbocycles. The van der Waals surface area contributed by atoms with Gasteiger partial charge in [0.05, 0.1) is 23.0 Å². The molecule has 5 heteroatoms. The minimum Gasteiger partial charge on any atom is -0.389 e. The van der Waals surface area contributed by atoms with Crippen LogP contribution in [0.3, 0.4) is 0 Å². The van der Waals surface area contributed by atoms with Crippen LogP contribution in [0.25, 0.3) is 0 Å². The molecule has 1 rings (SSSR count). The first-order valence-electron chi connectivity index (χ1n) is 4.29. The molecule has 0 amide bonds. The van der Waals surface area contributed by atoms with Crippen molar-refractivity contribution in [3.63, 3.8) is 0 Å². The molecule has 78 valence electrons. The van der Waals surface area contributed by atoms with Crippen LogP contribution in [0.2, 0.25) is 5.02 Å². The molecule has 0 radical (unpaired) electrons. The van der Waals surface area contributed by atoms with Gasteiger partial charge in [0.15, 0.2) is 0 Å². The Morgan fingerprint density at radius 2 is 1.93 bits per heavy atom. The summed E-state index contributed by atoms with van der Waals surface area (Å²) in [5, 5.41) is 10.1. The lowest BCUT2D eigenvalue weighted by Crippen LogP contribution is -2.37. The van der Waals surface area contributed by atoms with E-state index in [1.807, 2.05) is 7.05 Å². The van der Waals surface area contributed by atoms with Gasteiger partial charge in [0.1, 0.15) is 0 Å². The van der Waals surface area contributed by atoms with Gasteiger partial charge in [-0.1, -0.05) is 11.6 Å². The van der Waals surface area contributed by atoms with Crippen molar-refractivity contribution in [1.82, 2.24) is 9.97 Å². The first-order chi connectivity index (χ1) is 6.38. The molecule has 14 heavy (non-hydrogen) atoms. The molecule has 0 atom stereocenters. The first-order valence-corrected chi connectivity index (χ1v) is 4.67. The molecule has 1 aromatic rings. The molecule has 0 fully saturated rings.